The van der Waals surface area contributed by atoms with Crippen LogP contribution in [0.25, 0.3) is 0 Å². The minimum atomic E-state index is -1.24. The molecule has 0 aromatic heterocycles. The smallest absolute Gasteiger partial charge is 0.329 e. The minimum absolute atomic E-state index is 0.315. The van der Waals surface area contributed by atoms with E-state index in [1.165, 1.54) is 6.92 Å². The first-order valence-electron chi connectivity index (χ1n) is 6.33. The summed E-state index contributed by atoms with van der Waals surface area (Å²) in [6.45, 7) is 5.34. The molecule has 0 aliphatic carbocycles. The van der Waals surface area contributed by atoms with Crippen molar-refractivity contribution in [2.75, 3.05) is 40.4 Å². The van der Waals surface area contributed by atoms with Gasteiger partial charge in [0.25, 0.3) is 0 Å². The standard InChI is InChI=1S/C12H25N3O4/c1-5-12(2,10(16)17)14-11(18)13-6-8-19-9-7-15(3)4/h5-9H2,1-4H3,(H,16,17)(H2,13,14,18). The SMILES string of the molecule is CCC(C)(NC(=O)NCCOCCN(C)C)C(=O)O. The van der Waals surface area contributed by atoms with E-state index in [1.807, 2.05) is 19.0 Å². The number of aliphatic carboxylic acids is 1. The number of nitrogens with one attached hydrogen (secondary N) is 2. The summed E-state index contributed by atoms with van der Waals surface area (Å²) in [5, 5.41) is 14.0. The molecule has 112 valence electrons. The Morgan fingerprint density at radius 3 is 2.42 bits per heavy atom. The second-order valence-corrected chi connectivity index (χ2v) is 4.79. The lowest BCUT2D eigenvalue weighted by atomic mass is 10.00. The van der Waals surface area contributed by atoms with Crippen molar-refractivity contribution in [1.29, 1.82) is 0 Å². The van der Waals surface area contributed by atoms with E-state index in [2.05, 4.69) is 10.6 Å². The molecule has 19 heavy (non-hydrogen) atoms. The Bertz CT molecular complexity index is 297. The fourth-order valence-corrected chi connectivity index (χ4v) is 1.17. The Balaban J connectivity index is 3.78. The number of carboxylic acid groups (broad SMARTS) is 1. The second kappa shape index (κ2) is 8.71. The molecule has 1 atom stereocenters. The average molecular weight is 275 g/mol. The first-order chi connectivity index (χ1) is 8.81. The van der Waals surface area contributed by atoms with E-state index in [0.29, 0.717) is 26.2 Å². The van der Waals surface area contributed by atoms with Crippen LogP contribution in [0.2, 0.25) is 0 Å². The number of likely N-dealkylation sites (N-methyl/N-ethyl adjacent to an activating group) is 1. The lowest BCUT2D eigenvalue weighted by molar-refractivity contribution is -0.143. The zero-order valence-electron chi connectivity index (χ0n) is 12.2. The van der Waals surface area contributed by atoms with E-state index in [0.717, 1.165) is 6.54 Å². The third kappa shape index (κ3) is 7.63. The lowest BCUT2D eigenvalue weighted by Crippen LogP contribution is -2.55. The van der Waals surface area contributed by atoms with E-state index in [1.54, 1.807) is 6.92 Å². The zero-order valence-corrected chi connectivity index (χ0v) is 12.2. The number of urea groups is 1. The molecular formula is C12H25N3O4. The highest BCUT2D eigenvalue weighted by Crippen LogP contribution is 2.08. The summed E-state index contributed by atoms with van der Waals surface area (Å²) >= 11 is 0. The van der Waals surface area contributed by atoms with Crippen molar-refractivity contribution in [2.45, 2.75) is 25.8 Å². The highest BCUT2D eigenvalue weighted by atomic mass is 16.5. The van der Waals surface area contributed by atoms with Gasteiger partial charge in [0.1, 0.15) is 5.54 Å². The summed E-state index contributed by atoms with van der Waals surface area (Å²) in [5.41, 5.74) is -1.24. The van der Waals surface area contributed by atoms with Gasteiger partial charge in [-0.15, -0.1) is 0 Å². The van der Waals surface area contributed by atoms with Gasteiger partial charge >= 0.3 is 12.0 Å². The van der Waals surface area contributed by atoms with E-state index in [9.17, 15) is 9.59 Å². The number of rotatable bonds is 9. The van der Waals surface area contributed by atoms with Gasteiger partial charge in [-0.1, -0.05) is 6.92 Å². The van der Waals surface area contributed by atoms with E-state index < -0.39 is 17.5 Å². The average Bonchev–Trinajstić information content (AvgIpc) is 2.32. The number of nitrogens with zero attached hydrogens (tertiary/aromatic N) is 1. The molecule has 0 heterocycles. The molecule has 0 saturated carbocycles. The molecule has 0 aliphatic heterocycles. The van der Waals surface area contributed by atoms with Gasteiger partial charge in [0.05, 0.1) is 13.2 Å². The third-order valence-electron chi connectivity index (χ3n) is 2.78. The molecule has 0 bridgehead atoms. The summed E-state index contributed by atoms with van der Waals surface area (Å²) in [6.07, 6.45) is 0.315. The Labute approximate surface area is 114 Å². The number of hydrogen-bond donors (Lipinski definition) is 3. The second-order valence-electron chi connectivity index (χ2n) is 4.79. The van der Waals surface area contributed by atoms with Gasteiger partial charge < -0.3 is 25.4 Å². The molecule has 0 aromatic rings. The maximum absolute atomic E-state index is 11.5. The van der Waals surface area contributed by atoms with Crippen LogP contribution in [0.4, 0.5) is 4.79 Å². The van der Waals surface area contributed by atoms with E-state index in [-0.39, 0.29) is 0 Å². The molecular weight excluding hydrogens is 250 g/mol. The van der Waals surface area contributed by atoms with Crippen molar-refractivity contribution in [3.05, 3.63) is 0 Å². The topological polar surface area (TPSA) is 90.9 Å². The fourth-order valence-electron chi connectivity index (χ4n) is 1.17. The zero-order chi connectivity index (χ0) is 14.9. The molecule has 3 N–H and O–H groups in total. The molecule has 0 fully saturated rings. The number of carbonyl (C=O) groups is 2. The largest absolute Gasteiger partial charge is 0.480 e. The number of carbonyl (C=O) groups excluding carboxylic acids is 1. The van der Waals surface area contributed by atoms with Crippen molar-refractivity contribution in [3.63, 3.8) is 0 Å². The molecule has 0 radical (unpaired) electrons. The van der Waals surface area contributed by atoms with Crippen molar-refractivity contribution < 1.29 is 19.4 Å². The van der Waals surface area contributed by atoms with Crippen molar-refractivity contribution in [2.24, 2.45) is 0 Å². The summed E-state index contributed by atoms with van der Waals surface area (Å²) < 4.78 is 5.30. The number of hydrogen-bond acceptors (Lipinski definition) is 4. The van der Waals surface area contributed by atoms with Crippen molar-refractivity contribution >= 4 is 12.0 Å². The van der Waals surface area contributed by atoms with Gasteiger partial charge in [0.2, 0.25) is 0 Å². The molecule has 0 spiro atoms. The van der Waals surface area contributed by atoms with Crippen LogP contribution in [0.3, 0.4) is 0 Å². The maximum atomic E-state index is 11.5. The molecule has 0 rings (SSSR count). The number of ether oxygens (including phenoxy) is 1. The van der Waals surface area contributed by atoms with Crippen molar-refractivity contribution in [3.8, 4) is 0 Å². The van der Waals surface area contributed by atoms with Gasteiger partial charge in [0.15, 0.2) is 0 Å². The summed E-state index contributed by atoms with van der Waals surface area (Å²) in [6, 6.07) is -0.497. The van der Waals surface area contributed by atoms with Crippen LogP contribution in [0.1, 0.15) is 20.3 Å². The first kappa shape index (κ1) is 17.7. The highest BCUT2D eigenvalue weighted by Gasteiger charge is 2.32. The molecule has 0 saturated heterocycles. The van der Waals surface area contributed by atoms with E-state index >= 15 is 0 Å². The Morgan fingerprint density at radius 2 is 1.95 bits per heavy atom. The van der Waals surface area contributed by atoms with Crippen LogP contribution in [-0.4, -0.2) is 67.9 Å². The third-order valence-corrected chi connectivity index (χ3v) is 2.78. The predicted molar refractivity (Wildman–Crippen MR) is 72.2 cm³/mol. The molecule has 2 amide bonds. The molecule has 1 unspecified atom stereocenters. The van der Waals surface area contributed by atoms with Crippen LogP contribution in [0.5, 0.6) is 0 Å². The minimum Gasteiger partial charge on any atom is -0.480 e. The highest BCUT2D eigenvalue weighted by molar-refractivity contribution is 5.85. The maximum Gasteiger partial charge on any atom is 0.329 e. The van der Waals surface area contributed by atoms with E-state index in [4.69, 9.17) is 9.84 Å². The van der Waals surface area contributed by atoms with Gasteiger partial charge in [-0.2, -0.15) is 0 Å². The summed E-state index contributed by atoms with van der Waals surface area (Å²) in [5.74, 6) is -1.05. The molecule has 0 aliphatic rings. The molecule has 7 heteroatoms. The molecule has 7 nitrogen and oxygen atoms in total. The van der Waals surface area contributed by atoms with Crippen LogP contribution in [0.15, 0.2) is 0 Å². The monoisotopic (exact) mass is 275 g/mol. The summed E-state index contributed by atoms with van der Waals surface area (Å²) in [7, 11) is 3.90. The van der Waals surface area contributed by atoms with Crippen LogP contribution in [0, 0.1) is 0 Å². The summed E-state index contributed by atoms with van der Waals surface area (Å²) in [4.78, 5) is 24.5. The fraction of sp³-hybridized carbons (Fsp3) is 0.833. The first-order valence-corrected chi connectivity index (χ1v) is 6.33. The van der Waals surface area contributed by atoms with Crippen molar-refractivity contribution in [1.82, 2.24) is 15.5 Å². The molecule has 0 aromatic carbocycles. The quantitative estimate of drug-likeness (QED) is 0.520. The van der Waals surface area contributed by atoms with Gasteiger partial charge in [-0.05, 0) is 27.4 Å². The van der Waals surface area contributed by atoms with Gasteiger partial charge in [0, 0.05) is 13.1 Å². The van der Waals surface area contributed by atoms with Gasteiger partial charge in [-0.25, -0.2) is 9.59 Å². The Kier molecular flexibility index (Phi) is 8.09. The number of carboxylic acids is 1. The van der Waals surface area contributed by atoms with Gasteiger partial charge in [-0.3, -0.25) is 0 Å². The Hall–Kier alpha value is -1.34. The lowest BCUT2D eigenvalue weighted by Gasteiger charge is -2.24. The normalized spacial score (nSPS) is 13.9. The predicted octanol–water partition coefficient (Wildman–Crippen LogP) is 0.117. The Morgan fingerprint density at radius 1 is 1.32 bits per heavy atom. The van der Waals surface area contributed by atoms with Crippen LogP contribution < -0.4 is 10.6 Å². The van der Waals surface area contributed by atoms with Crippen LogP contribution in [-0.2, 0) is 9.53 Å². The van der Waals surface area contributed by atoms with Crippen LogP contribution >= 0.6 is 0 Å². The number of amides is 2.